The van der Waals surface area contributed by atoms with Crippen LogP contribution in [-0.2, 0) is 9.53 Å². The molecule has 0 N–H and O–H groups in total. The number of halogens is 1. The monoisotopic (exact) mass is 323 g/mol. The lowest BCUT2D eigenvalue weighted by atomic mass is 10.0. The zero-order chi connectivity index (χ0) is 15.7. The number of nitrogens with zero attached hydrogens (tertiary/aromatic N) is 1. The van der Waals surface area contributed by atoms with Crippen LogP contribution in [0.25, 0.3) is 0 Å². The first kappa shape index (κ1) is 15.6. The van der Waals surface area contributed by atoms with Crippen LogP contribution in [0.5, 0.6) is 5.75 Å². The summed E-state index contributed by atoms with van der Waals surface area (Å²) in [7, 11) is 2.17. The lowest BCUT2D eigenvalue weighted by molar-refractivity contribution is -0.159. The van der Waals surface area contributed by atoms with Gasteiger partial charge in [0, 0.05) is 17.1 Å². The van der Waals surface area contributed by atoms with E-state index in [4.69, 9.17) is 21.1 Å². The Hall–Kier alpha value is -1.26. The number of hydrogen-bond donors (Lipinski definition) is 0. The van der Waals surface area contributed by atoms with E-state index >= 15 is 0 Å². The number of rotatable bonds is 4. The average molecular weight is 324 g/mol. The molecule has 0 radical (unpaired) electrons. The third-order valence-electron chi connectivity index (χ3n) is 4.80. The van der Waals surface area contributed by atoms with E-state index in [9.17, 15) is 4.79 Å². The number of carbonyl (C=O) groups is 1. The van der Waals surface area contributed by atoms with Crippen LogP contribution in [0.3, 0.4) is 0 Å². The van der Waals surface area contributed by atoms with E-state index in [2.05, 4.69) is 11.9 Å². The van der Waals surface area contributed by atoms with Crippen LogP contribution in [0.2, 0.25) is 5.02 Å². The van der Waals surface area contributed by atoms with E-state index in [0.717, 1.165) is 12.8 Å². The SMILES string of the molecule is C[C@H](Oc1ccc(Cl)cc1)C(=O)OC1CC2CCC(C1)N2C. The fraction of sp³-hybridized carbons (Fsp3) is 0.588. The zero-order valence-electron chi connectivity index (χ0n) is 13.0. The Morgan fingerprint density at radius 1 is 1.23 bits per heavy atom. The summed E-state index contributed by atoms with van der Waals surface area (Å²) in [5.74, 6) is 0.334. The molecule has 2 aliphatic heterocycles. The topological polar surface area (TPSA) is 38.8 Å². The molecule has 2 bridgehead atoms. The van der Waals surface area contributed by atoms with Gasteiger partial charge in [-0.05, 0) is 63.9 Å². The normalized spacial score (nSPS) is 29.1. The van der Waals surface area contributed by atoms with Gasteiger partial charge >= 0.3 is 5.97 Å². The standard InChI is InChI=1S/C17H22ClNO3/c1-11(21-15-7-3-12(18)4-8-15)17(20)22-16-9-13-5-6-14(10-16)19(13)2/h3-4,7-8,11,13-14,16H,5-6,9-10H2,1-2H3/t11-,13?,14?,16?/m0/s1. The summed E-state index contributed by atoms with van der Waals surface area (Å²) < 4.78 is 11.3. The van der Waals surface area contributed by atoms with Crippen molar-refractivity contribution >= 4 is 17.6 Å². The molecule has 3 atom stereocenters. The van der Waals surface area contributed by atoms with Gasteiger partial charge in [-0.3, -0.25) is 0 Å². The lowest BCUT2D eigenvalue weighted by Crippen LogP contribution is -2.44. The molecule has 1 aromatic carbocycles. The molecule has 2 heterocycles. The largest absolute Gasteiger partial charge is 0.479 e. The van der Waals surface area contributed by atoms with Gasteiger partial charge in [0.2, 0.25) is 0 Å². The molecule has 0 spiro atoms. The minimum atomic E-state index is -0.613. The molecule has 120 valence electrons. The first-order valence-electron chi connectivity index (χ1n) is 7.87. The number of esters is 1. The van der Waals surface area contributed by atoms with Gasteiger partial charge in [-0.1, -0.05) is 11.6 Å². The summed E-state index contributed by atoms with van der Waals surface area (Å²) in [5.41, 5.74) is 0. The fourth-order valence-electron chi connectivity index (χ4n) is 3.48. The summed E-state index contributed by atoms with van der Waals surface area (Å²) in [6.07, 6.45) is 3.72. The molecule has 2 unspecified atom stereocenters. The molecule has 0 aromatic heterocycles. The van der Waals surface area contributed by atoms with Gasteiger partial charge in [0.25, 0.3) is 0 Å². The van der Waals surface area contributed by atoms with Gasteiger partial charge in [-0.15, -0.1) is 0 Å². The van der Waals surface area contributed by atoms with E-state index < -0.39 is 6.10 Å². The van der Waals surface area contributed by atoms with Gasteiger partial charge in [0.1, 0.15) is 11.9 Å². The van der Waals surface area contributed by atoms with Crippen LogP contribution in [-0.4, -0.2) is 42.2 Å². The predicted molar refractivity (Wildman–Crippen MR) is 85.2 cm³/mol. The number of ether oxygens (including phenoxy) is 2. The molecule has 2 saturated heterocycles. The molecular weight excluding hydrogens is 302 g/mol. The van der Waals surface area contributed by atoms with Crippen molar-refractivity contribution in [2.45, 2.75) is 56.9 Å². The predicted octanol–water partition coefficient (Wildman–Crippen LogP) is 3.28. The number of piperidine rings is 1. The van der Waals surface area contributed by atoms with Gasteiger partial charge in [-0.25, -0.2) is 4.79 Å². The van der Waals surface area contributed by atoms with Crippen LogP contribution in [0, 0.1) is 0 Å². The van der Waals surface area contributed by atoms with E-state index in [1.165, 1.54) is 12.8 Å². The molecule has 4 nitrogen and oxygen atoms in total. The van der Waals surface area contributed by atoms with Crippen LogP contribution in [0.15, 0.2) is 24.3 Å². The Labute approximate surface area is 136 Å². The first-order valence-corrected chi connectivity index (χ1v) is 8.25. The molecule has 1 aromatic rings. The lowest BCUT2D eigenvalue weighted by Gasteiger charge is -2.36. The molecule has 2 aliphatic rings. The highest BCUT2D eigenvalue weighted by Gasteiger charge is 2.40. The Morgan fingerprint density at radius 2 is 1.82 bits per heavy atom. The zero-order valence-corrected chi connectivity index (χ0v) is 13.8. The number of hydrogen-bond acceptors (Lipinski definition) is 4. The Morgan fingerprint density at radius 3 is 2.41 bits per heavy atom. The summed E-state index contributed by atoms with van der Waals surface area (Å²) in [4.78, 5) is 14.6. The summed E-state index contributed by atoms with van der Waals surface area (Å²) in [6, 6.07) is 8.10. The minimum Gasteiger partial charge on any atom is -0.479 e. The van der Waals surface area contributed by atoms with E-state index in [1.807, 2.05) is 0 Å². The highest BCUT2D eigenvalue weighted by atomic mass is 35.5. The van der Waals surface area contributed by atoms with E-state index in [1.54, 1.807) is 31.2 Å². The van der Waals surface area contributed by atoms with Crippen molar-refractivity contribution in [1.82, 2.24) is 4.90 Å². The molecule has 0 saturated carbocycles. The van der Waals surface area contributed by atoms with Crippen LogP contribution in [0.4, 0.5) is 0 Å². The minimum absolute atomic E-state index is 0.0254. The maximum atomic E-state index is 12.2. The highest BCUT2D eigenvalue weighted by Crippen LogP contribution is 2.35. The van der Waals surface area contributed by atoms with Gasteiger partial charge in [0.15, 0.2) is 6.10 Å². The van der Waals surface area contributed by atoms with Crippen molar-refractivity contribution in [1.29, 1.82) is 0 Å². The van der Waals surface area contributed by atoms with Crippen molar-refractivity contribution < 1.29 is 14.3 Å². The molecule has 0 aliphatic carbocycles. The number of benzene rings is 1. The second-order valence-electron chi connectivity index (χ2n) is 6.29. The molecule has 0 amide bonds. The van der Waals surface area contributed by atoms with E-state index in [0.29, 0.717) is 22.9 Å². The average Bonchev–Trinajstić information content (AvgIpc) is 2.72. The second-order valence-corrected chi connectivity index (χ2v) is 6.73. The van der Waals surface area contributed by atoms with Gasteiger partial charge in [0.05, 0.1) is 0 Å². The Balaban J connectivity index is 1.52. The number of fused-ring (bicyclic) bond motifs is 2. The fourth-order valence-corrected chi connectivity index (χ4v) is 3.61. The molecule has 3 rings (SSSR count). The Bertz CT molecular complexity index is 519. The molecule has 22 heavy (non-hydrogen) atoms. The summed E-state index contributed by atoms with van der Waals surface area (Å²) in [6.45, 7) is 1.72. The maximum Gasteiger partial charge on any atom is 0.347 e. The second kappa shape index (κ2) is 6.47. The van der Waals surface area contributed by atoms with Gasteiger partial charge < -0.3 is 14.4 Å². The van der Waals surface area contributed by atoms with Crippen LogP contribution >= 0.6 is 11.6 Å². The van der Waals surface area contributed by atoms with Crippen LogP contribution in [0.1, 0.15) is 32.6 Å². The maximum absolute atomic E-state index is 12.2. The third kappa shape index (κ3) is 3.39. The van der Waals surface area contributed by atoms with Crippen molar-refractivity contribution in [3.8, 4) is 5.75 Å². The summed E-state index contributed by atoms with van der Waals surface area (Å²) in [5, 5.41) is 0.643. The molecular formula is C17H22ClNO3. The van der Waals surface area contributed by atoms with Gasteiger partial charge in [-0.2, -0.15) is 0 Å². The third-order valence-corrected chi connectivity index (χ3v) is 5.05. The molecule has 5 heteroatoms. The first-order chi connectivity index (χ1) is 10.5. The van der Waals surface area contributed by atoms with Crippen molar-refractivity contribution in [3.63, 3.8) is 0 Å². The quantitative estimate of drug-likeness (QED) is 0.797. The summed E-state index contributed by atoms with van der Waals surface area (Å²) >= 11 is 5.83. The number of carbonyl (C=O) groups excluding carboxylic acids is 1. The van der Waals surface area contributed by atoms with Crippen molar-refractivity contribution in [2.75, 3.05) is 7.05 Å². The van der Waals surface area contributed by atoms with Crippen LogP contribution < -0.4 is 4.74 Å². The molecule has 2 fully saturated rings. The smallest absolute Gasteiger partial charge is 0.347 e. The van der Waals surface area contributed by atoms with Crippen molar-refractivity contribution in [2.24, 2.45) is 0 Å². The highest BCUT2D eigenvalue weighted by molar-refractivity contribution is 6.30. The Kier molecular flexibility index (Phi) is 4.59. The van der Waals surface area contributed by atoms with Crippen molar-refractivity contribution in [3.05, 3.63) is 29.3 Å². The van der Waals surface area contributed by atoms with E-state index in [-0.39, 0.29) is 12.1 Å².